The molecular weight excluding hydrogens is 486 g/mol. The van der Waals surface area contributed by atoms with Gasteiger partial charge in [-0.3, -0.25) is 14.0 Å². The number of imidazole rings is 1. The summed E-state index contributed by atoms with van der Waals surface area (Å²) in [6.07, 6.45) is 4.08. The number of nitrogens with zero attached hydrogens (tertiary/aromatic N) is 4. The van der Waals surface area contributed by atoms with Gasteiger partial charge in [0.15, 0.2) is 10.8 Å². The van der Waals surface area contributed by atoms with Crippen LogP contribution < -0.4 is 9.24 Å². The van der Waals surface area contributed by atoms with Crippen LogP contribution in [-0.4, -0.2) is 51.9 Å². The molecule has 0 aliphatic carbocycles. The van der Waals surface area contributed by atoms with E-state index in [-0.39, 0.29) is 11.8 Å². The number of likely N-dealkylation sites (tertiary alicyclic amines) is 1. The fourth-order valence-electron chi connectivity index (χ4n) is 3.62. The summed E-state index contributed by atoms with van der Waals surface area (Å²) in [5.41, 5.74) is 0.612. The number of ether oxygens (including phenoxy) is 1. The van der Waals surface area contributed by atoms with Crippen molar-refractivity contribution in [2.24, 2.45) is 0 Å². The molecule has 9 nitrogen and oxygen atoms in total. The maximum Gasteiger partial charge on any atom is 0.407 e. The molecule has 4 rings (SSSR count). The van der Waals surface area contributed by atoms with Crippen molar-refractivity contribution in [2.75, 3.05) is 17.6 Å². The summed E-state index contributed by atoms with van der Waals surface area (Å²) >= 11 is 4.78. The van der Waals surface area contributed by atoms with Crippen molar-refractivity contribution in [1.82, 2.24) is 19.6 Å². The largest absolute Gasteiger partial charge is 0.453 e. The van der Waals surface area contributed by atoms with Crippen LogP contribution in [0.2, 0.25) is 0 Å². The van der Waals surface area contributed by atoms with E-state index in [4.69, 9.17) is 4.74 Å². The molecular formula is C20H20BrN5O4S. The topological polar surface area (TPSA) is 96.2 Å². The predicted molar refractivity (Wildman–Crippen MR) is 119 cm³/mol. The molecule has 3 amide bonds. The van der Waals surface area contributed by atoms with Crippen molar-refractivity contribution in [2.45, 2.75) is 24.9 Å². The summed E-state index contributed by atoms with van der Waals surface area (Å²) in [7, 11) is 1.24. The number of hydrogen-bond acceptors (Lipinski definition) is 6. The lowest BCUT2D eigenvalue weighted by Gasteiger charge is -2.29. The van der Waals surface area contributed by atoms with Crippen LogP contribution >= 0.6 is 27.5 Å². The normalized spacial score (nSPS) is 16.8. The maximum atomic E-state index is 13.4. The highest BCUT2D eigenvalue weighted by Gasteiger charge is 2.40. The molecule has 2 unspecified atom stereocenters. The molecule has 1 aromatic carbocycles. The number of nitrogens with one attached hydrogen (secondary N) is 1. The Morgan fingerprint density at radius 1 is 1.32 bits per heavy atom. The Morgan fingerprint density at radius 2 is 2.10 bits per heavy atom. The van der Waals surface area contributed by atoms with E-state index in [1.807, 2.05) is 22.0 Å². The van der Waals surface area contributed by atoms with Crippen LogP contribution in [-0.2, 0) is 14.3 Å². The molecule has 1 fully saturated rings. The number of methoxy groups -OCH3 is 1. The van der Waals surface area contributed by atoms with E-state index < -0.39 is 18.2 Å². The highest BCUT2D eigenvalue weighted by atomic mass is 79.9. The van der Waals surface area contributed by atoms with Crippen molar-refractivity contribution >= 4 is 56.2 Å². The van der Waals surface area contributed by atoms with Crippen LogP contribution in [0.1, 0.15) is 24.4 Å². The summed E-state index contributed by atoms with van der Waals surface area (Å²) < 4.78 is 7.82. The second-order valence-electron chi connectivity index (χ2n) is 6.98. The summed E-state index contributed by atoms with van der Waals surface area (Å²) in [6, 6.07) is 7.27. The maximum absolute atomic E-state index is 13.4. The first-order valence-corrected chi connectivity index (χ1v) is 11.2. The molecule has 11 heteroatoms. The zero-order valence-electron chi connectivity index (χ0n) is 16.6. The molecule has 2 atom stereocenters. The molecule has 1 N–H and O–H groups in total. The van der Waals surface area contributed by atoms with E-state index in [0.717, 1.165) is 4.96 Å². The second kappa shape index (κ2) is 9.06. The van der Waals surface area contributed by atoms with E-state index in [1.165, 1.54) is 27.3 Å². The van der Waals surface area contributed by atoms with Crippen molar-refractivity contribution in [3.8, 4) is 0 Å². The van der Waals surface area contributed by atoms with Gasteiger partial charge < -0.3 is 15.0 Å². The van der Waals surface area contributed by atoms with Crippen molar-refractivity contribution in [3.63, 3.8) is 0 Å². The third kappa shape index (κ3) is 4.28. The molecule has 1 saturated heterocycles. The summed E-state index contributed by atoms with van der Waals surface area (Å²) in [5.74, 6) is -0.205. The molecule has 1 aliphatic rings. The third-order valence-electron chi connectivity index (χ3n) is 5.12. The van der Waals surface area contributed by atoms with Gasteiger partial charge in [0.25, 0.3) is 11.8 Å². The Labute approximate surface area is 190 Å². The van der Waals surface area contributed by atoms with Gasteiger partial charge in [0, 0.05) is 18.1 Å². The van der Waals surface area contributed by atoms with Gasteiger partial charge in [-0.25, -0.2) is 13.7 Å². The number of anilines is 1. The minimum atomic E-state index is -0.955. The molecule has 162 valence electrons. The van der Waals surface area contributed by atoms with Crippen LogP contribution in [0.25, 0.3) is 4.96 Å². The fourth-order valence-corrected chi connectivity index (χ4v) is 4.72. The third-order valence-corrected chi connectivity index (χ3v) is 6.61. The highest BCUT2D eigenvalue weighted by Crippen LogP contribution is 2.28. The smallest absolute Gasteiger partial charge is 0.407 e. The van der Waals surface area contributed by atoms with Crippen molar-refractivity contribution in [1.29, 1.82) is 0 Å². The van der Waals surface area contributed by atoms with Crippen LogP contribution in [0.15, 0.2) is 48.1 Å². The monoisotopic (exact) mass is 505 g/mol. The van der Waals surface area contributed by atoms with Gasteiger partial charge in [-0.15, -0.1) is 11.3 Å². The fraction of sp³-hybridized carbons (Fsp3) is 0.300. The van der Waals surface area contributed by atoms with Crippen LogP contribution in [0.3, 0.4) is 0 Å². The minimum Gasteiger partial charge on any atom is -0.453 e. The van der Waals surface area contributed by atoms with E-state index in [0.29, 0.717) is 30.8 Å². The van der Waals surface area contributed by atoms with Gasteiger partial charge in [-0.1, -0.05) is 30.3 Å². The molecule has 3 heterocycles. The summed E-state index contributed by atoms with van der Waals surface area (Å²) in [6.45, 7) is 0.417. The number of carbonyl (C=O) groups is 3. The van der Waals surface area contributed by atoms with E-state index in [9.17, 15) is 14.4 Å². The highest BCUT2D eigenvalue weighted by molar-refractivity contribution is 9.10. The van der Waals surface area contributed by atoms with E-state index in [2.05, 4.69) is 26.4 Å². The Kier molecular flexibility index (Phi) is 6.23. The Balaban J connectivity index is 1.56. The van der Waals surface area contributed by atoms with Crippen LogP contribution in [0, 0.1) is 0 Å². The van der Waals surface area contributed by atoms with Crippen molar-refractivity contribution in [3.05, 3.63) is 53.7 Å². The Bertz CT molecular complexity index is 1070. The lowest BCUT2D eigenvalue weighted by atomic mass is 10.0. The summed E-state index contributed by atoms with van der Waals surface area (Å²) in [4.78, 5) is 45.2. The molecule has 0 bridgehead atoms. The zero-order chi connectivity index (χ0) is 22.0. The lowest BCUT2D eigenvalue weighted by molar-refractivity contribution is -0.138. The molecule has 0 radical (unpaired) electrons. The van der Waals surface area contributed by atoms with E-state index in [1.54, 1.807) is 30.5 Å². The number of alkyl carbamates (subject to hydrolysis) is 1. The molecule has 3 aromatic rings. The Morgan fingerprint density at radius 3 is 2.81 bits per heavy atom. The minimum absolute atomic E-state index is 0.290. The molecule has 1 aliphatic heterocycles. The zero-order valence-corrected chi connectivity index (χ0v) is 19.0. The quantitative estimate of drug-likeness (QED) is 0.537. The van der Waals surface area contributed by atoms with Gasteiger partial charge in [0.1, 0.15) is 12.1 Å². The SMILES string of the molecule is COC(=O)NC(C(=O)N1CCCC1C(=O)N(Br)c1cn2ccsc2n1)c1ccccc1. The number of amides is 3. The average molecular weight is 506 g/mol. The van der Waals surface area contributed by atoms with Gasteiger partial charge in [-0.2, -0.15) is 0 Å². The number of halogens is 1. The average Bonchev–Trinajstić information content (AvgIpc) is 3.52. The number of thiazole rings is 1. The van der Waals surface area contributed by atoms with E-state index >= 15 is 0 Å². The number of hydrogen-bond donors (Lipinski definition) is 1. The molecule has 0 spiro atoms. The van der Waals surface area contributed by atoms with Crippen molar-refractivity contribution < 1.29 is 19.1 Å². The number of fused-ring (bicyclic) bond motifs is 1. The first-order valence-electron chi connectivity index (χ1n) is 9.61. The van der Waals surface area contributed by atoms with Crippen LogP contribution in [0.5, 0.6) is 0 Å². The lowest BCUT2D eigenvalue weighted by Crippen LogP contribution is -2.49. The van der Waals surface area contributed by atoms with Crippen LogP contribution in [0.4, 0.5) is 10.6 Å². The number of benzene rings is 1. The van der Waals surface area contributed by atoms with Gasteiger partial charge >= 0.3 is 6.09 Å². The standard InChI is InChI=1S/C20H20BrN5O4S/c1-30-20(29)23-16(13-6-3-2-4-7-13)18(28)25-9-5-8-14(25)17(27)26(21)15-12-24-10-11-31-19(24)22-15/h2-4,6-7,10-12,14,16H,5,8-9H2,1H3,(H,23,29). The summed E-state index contributed by atoms with van der Waals surface area (Å²) in [5, 5.41) is 4.50. The number of carbonyl (C=O) groups excluding carboxylic acids is 3. The van der Waals surface area contributed by atoms with Gasteiger partial charge in [0.2, 0.25) is 0 Å². The molecule has 2 aromatic heterocycles. The first-order chi connectivity index (χ1) is 15.0. The van der Waals surface area contributed by atoms with Gasteiger partial charge in [-0.05, 0) is 18.4 Å². The number of aromatic nitrogens is 2. The number of rotatable bonds is 5. The molecule has 31 heavy (non-hydrogen) atoms. The second-order valence-corrected chi connectivity index (χ2v) is 8.56. The van der Waals surface area contributed by atoms with Gasteiger partial charge in [0.05, 0.1) is 29.5 Å². The molecule has 0 saturated carbocycles. The predicted octanol–water partition coefficient (Wildman–Crippen LogP) is 3.13. The Hall–Kier alpha value is -2.92. The first kappa shape index (κ1) is 21.3.